The first kappa shape index (κ1) is 8.81. The average Bonchev–Trinajstić information content (AvgIpc) is 2.05. The Morgan fingerprint density at radius 3 is 2.36 bits per heavy atom. The fraction of sp³-hybridized carbons (Fsp3) is 0.125. The monoisotopic (exact) mass is 230 g/mol. The number of halogens is 1. The van der Waals surface area contributed by atoms with Gasteiger partial charge in [-0.2, -0.15) is 0 Å². The number of hydrogen-bond donors (Lipinski definition) is 1. The van der Waals surface area contributed by atoms with Gasteiger partial charge in [0, 0.05) is 0 Å². The van der Waals surface area contributed by atoms with Gasteiger partial charge in [0.25, 0.3) is 0 Å². The predicted molar refractivity (Wildman–Crippen MR) is 52.1 cm³/mol. The second-order valence-corrected chi connectivity index (χ2v) is 3.47. The van der Waals surface area contributed by atoms with Crippen LogP contribution in [0, 0.1) is 0 Å². The molecule has 0 fully saturated rings. The molecule has 0 aliphatic rings. The molecular weight excluding hydrogens is 224 g/mol. The number of carbonyl (C=O) groups is 1. The number of benzene rings is 1. The molecule has 3 heteroatoms. The third kappa shape index (κ3) is 2.34. The molecule has 11 heavy (non-hydrogen) atoms. The summed E-state index contributed by atoms with van der Waals surface area (Å²) >= 11 is 6.94. The Morgan fingerprint density at radius 2 is 1.91 bits per heavy atom. The van der Waals surface area contributed by atoms with E-state index >= 15 is 0 Å². The molecule has 0 saturated heterocycles. The van der Waals surface area contributed by atoms with Gasteiger partial charge in [0.1, 0.15) is 4.83 Å². The molecule has 0 radical (unpaired) electrons. The Kier molecular flexibility index (Phi) is 3.15. The summed E-state index contributed by atoms with van der Waals surface area (Å²) in [6.45, 7) is 0. The van der Waals surface area contributed by atoms with Crippen LogP contribution < -0.4 is 0 Å². The minimum atomic E-state index is -0.285. The maximum atomic E-state index is 10.8. The van der Waals surface area contributed by atoms with E-state index in [1.807, 2.05) is 30.3 Å². The van der Waals surface area contributed by atoms with Gasteiger partial charge in [-0.25, -0.2) is 0 Å². The summed E-state index contributed by atoms with van der Waals surface area (Å²) in [5.74, 6) is 0. The number of alkyl halides is 1. The molecule has 0 heterocycles. The Morgan fingerprint density at radius 1 is 1.36 bits per heavy atom. The normalized spacial score (nSPS) is 12.5. The smallest absolute Gasteiger partial charge is 0.203 e. The Balaban J connectivity index is 2.85. The van der Waals surface area contributed by atoms with Crippen molar-refractivity contribution >= 4 is 33.7 Å². The van der Waals surface area contributed by atoms with Crippen molar-refractivity contribution in [3.8, 4) is 0 Å². The van der Waals surface area contributed by atoms with E-state index in [9.17, 15) is 4.79 Å². The summed E-state index contributed by atoms with van der Waals surface area (Å²) in [5.41, 5.74) is 0.938. The largest absolute Gasteiger partial charge is 0.286 e. The second-order valence-electron chi connectivity index (χ2n) is 2.11. The topological polar surface area (TPSA) is 17.1 Å². The zero-order chi connectivity index (χ0) is 8.27. The highest BCUT2D eigenvalue weighted by molar-refractivity contribution is 9.09. The Hall–Kier alpha value is -0.280. The van der Waals surface area contributed by atoms with Crippen LogP contribution in [0.25, 0.3) is 0 Å². The lowest BCUT2D eigenvalue weighted by atomic mass is 10.2. The van der Waals surface area contributed by atoms with Crippen molar-refractivity contribution in [3.05, 3.63) is 35.9 Å². The van der Waals surface area contributed by atoms with Gasteiger partial charge in [-0.3, -0.25) is 4.79 Å². The van der Waals surface area contributed by atoms with Gasteiger partial charge in [0.05, 0.1) is 0 Å². The molecule has 58 valence electrons. The van der Waals surface area contributed by atoms with Crippen molar-refractivity contribution in [2.45, 2.75) is 4.83 Å². The van der Waals surface area contributed by atoms with E-state index in [2.05, 4.69) is 28.6 Å². The van der Waals surface area contributed by atoms with Crippen molar-refractivity contribution in [2.24, 2.45) is 0 Å². The van der Waals surface area contributed by atoms with E-state index in [0.29, 0.717) is 0 Å². The molecule has 0 spiro atoms. The summed E-state index contributed by atoms with van der Waals surface area (Å²) in [6, 6.07) is 9.45. The molecule has 1 atom stereocenters. The molecule has 0 N–H and O–H groups in total. The molecule has 1 unspecified atom stereocenters. The van der Waals surface area contributed by atoms with Gasteiger partial charge in [-0.1, -0.05) is 46.3 Å². The molecule has 0 saturated carbocycles. The first-order chi connectivity index (χ1) is 5.22. The zero-order valence-electron chi connectivity index (χ0n) is 5.70. The number of carbonyl (C=O) groups excluding carboxylic acids is 1. The molecule has 0 bridgehead atoms. The molecule has 0 amide bonds. The average molecular weight is 231 g/mol. The van der Waals surface area contributed by atoms with Crippen LogP contribution in [0.15, 0.2) is 30.3 Å². The Labute approximate surface area is 79.3 Å². The molecule has 0 aliphatic heterocycles. The van der Waals surface area contributed by atoms with E-state index in [-0.39, 0.29) is 9.94 Å². The zero-order valence-corrected chi connectivity index (χ0v) is 8.18. The van der Waals surface area contributed by atoms with E-state index in [4.69, 9.17) is 0 Å². The summed E-state index contributed by atoms with van der Waals surface area (Å²) in [6.07, 6.45) is 0. The maximum Gasteiger partial charge on any atom is 0.203 e. The quantitative estimate of drug-likeness (QED) is 0.611. The highest BCUT2D eigenvalue weighted by Gasteiger charge is 2.11. The van der Waals surface area contributed by atoms with E-state index < -0.39 is 0 Å². The summed E-state index contributed by atoms with van der Waals surface area (Å²) in [7, 11) is 0. The molecule has 0 aromatic heterocycles. The molecule has 0 aliphatic carbocycles. The maximum absolute atomic E-state index is 10.8. The fourth-order valence-electron chi connectivity index (χ4n) is 0.765. The molecule has 1 aromatic rings. The fourth-order valence-corrected chi connectivity index (χ4v) is 1.22. The van der Waals surface area contributed by atoms with Gasteiger partial charge in [0.15, 0.2) is 0 Å². The highest BCUT2D eigenvalue weighted by atomic mass is 79.9. The number of thiol groups is 1. The van der Waals surface area contributed by atoms with Gasteiger partial charge < -0.3 is 0 Å². The first-order valence-corrected chi connectivity index (χ1v) is 4.50. The first-order valence-electron chi connectivity index (χ1n) is 3.13. The second kappa shape index (κ2) is 3.93. The van der Waals surface area contributed by atoms with Crippen LogP contribution in [0.2, 0.25) is 0 Å². The van der Waals surface area contributed by atoms with E-state index in [1.54, 1.807) is 0 Å². The number of rotatable bonds is 2. The SMILES string of the molecule is O=C(S)C(Br)c1ccccc1. The van der Waals surface area contributed by atoms with Crippen molar-refractivity contribution in [2.75, 3.05) is 0 Å². The van der Waals surface area contributed by atoms with Gasteiger partial charge in [0.2, 0.25) is 5.12 Å². The summed E-state index contributed by atoms with van der Waals surface area (Å²) in [5, 5.41) is -0.170. The predicted octanol–water partition coefficient (Wildman–Crippen LogP) is 2.58. The van der Waals surface area contributed by atoms with Gasteiger partial charge in [-0.15, -0.1) is 12.6 Å². The minimum absolute atomic E-state index is 0.170. The van der Waals surface area contributed by atoms with Crippen molar-refractivity contribution in [1.29, 1.82) is 0 Å². The van der Waals surface area contributed by atoms with Gasteiger partial charge in [-0.05, 0) is 5.56 Å². The summed E-state index contributed by atoms with van der Waals surface area (Å²) < 4.78 is 0. The van der Waals surface area contributed by atoms with Crippen LogP contribution in [-0.4, -0.2) is 5.12 Å². The van der Waals surface area contributed by atoms with Crippen LogP contribution >= 0.6 is 28.6 Å². The minimum Gasteiger partial charge on any atom is -0.286 e. The van der Waals surface area contributed by atoms with Crippen molar-refractivity contribution < 1.29 is 4.79 Å². The lowest BCUT2D eigenvalue weighted by Crippen LogP contribution is -1.97. The van der Waals surface area contributed by atoms with Crippen LogP contribution in [0.3, 0.4) is 0 Å². The molecule has 1 nitrogen and oxygen atoms in total. The molecular formula is C8H7BrOS. The third-order valence-electron chi connectivity index (χ3n) is 1.31. The van der Waals surface area contributed by atoms with E-state index in [1.165, 1.54) is 0 Å². The number of hydrogen-bond acceptors (Lipinski definition) is 1. The van der Waals surface area contributed by atoms with Crippen molar-refractivity contribution in [1.82, 2.24) is 0 Å². The van der Waals surface area contributed by atoms with E-state index in [0.717, 1.165) is 5.56 Å². The highest BCUT2D eigenvalue weighted by Crippen LogP contribution is 2.24. The van der Waals surface area contributed by atoms with Crippen LogP contribution in [0.5, 0.6) is 0 Å². The lowest BCUT2D eigenvalue weighted by Gasteiger charge is -2.03. The lowest BCUT2D eigenvalue weighted by molar-refractivity contribution is -0.110. The van der Waals surface area contributed by atoms with Crippen LogP contribution in [0.4, 0.5) is 0 Å². The van der Waals surface area contributed by atoms with Crippen LogP contribution in [-0.2, 0) is 4.79 Å². The standard InChI is InChI=1S/C8H7BrOS/c9-7(8(10)11)6-4-2-1-3-5-6/h1-5,7H,(H,10,11). The summed E-state index contributed by atoms with van der Waals surface area (Å²) in [4.78, 5) is 10.5. The molecule has 1 aromatic carbocycles. The van der Waals surface area contributed by atoms with Crippen molar-refractivity contribution in [3.63, 3.8) is 0 Å². The van der Waals surface area contributed by atoms with Crippen LogP contribution in [0.1, 0.15) is 10.4 Å². The Bertz CT molecular complexity index is 248. The van der Waals surface area contributed by atoms with Gasteiger partial charge >= 0.3 is 0 Å². The molecule has 1 rings (SSSR count). The third-order valence-corrected chi connectivity index (χ3v) is 2.87.